The molecule has 19 atom stereocenters. The predicted octanol–water partition coefficient (Wildman–Crippen LogP) is 2.23. The number of alkyl carbamates (subject to hydrolysis) is 1. The van der Waals surface area contributed by atoms with E-state index in [0.29, 0.717) is 5.56 Å². The van der Waals surface area contributed by atoms with Gasteiger partial charge in [-0.1, -0.05) is 112 Å². The fraction of sp³-hybridized carbons (Fsp3) is 0.579. The highest BCUT2D eigenvalue weighted by Crippen LogP contribution is 2.35. The number of amides is 3. The number of esters is 1. The lowest BCUT2D eigenvalue weighted by molar-refractivity contribution is -0.303. The van der Waals surface area contributed by atoms with E-state index in [1.165, 1.54) is 13.0 Å². The van der Waals surface area contributed by atoms with Crippen molar-refractivity contribution < 1.29 is 89.1 Å². The Hall–Kier alpha value is -5.44. The van der Waals surface area contributed by atoms with Gasteiger partial charge in [0.2, 0.25) is 0 Å². The molecule has 0 radical (unpaired) electrons. The fourth-order valence-electron chi connectivity index (χ4n) is 9.17. The van der Waals surface area contributed by atoms with Gasteiger partial charge >= 0.3 is 18.1 Å². The van der Waals surface area contributed by atoms with E-state index >= 15 is 0 Å². The van der Waals surface area contributed by atoms with Gasteiger partial charge in [-0.25, -0.2) is 9.59 Å². The minimum Gasteiger partial charge on any atom is -0.462 e. The monoisotopic (exact) mass is 1110 g/mol. The van der Waals surface area contributed by atoms with Gasteiger partial charge in [0.15, 0.2) is 12.1 Å². The number of pyridine rings is 1. The lowest BCUT2D eigenvalue weighted by atomic mass is 9.87. The molecule has 22 nitrogen and oxygen atoms in total. The first kappa shape index (κ1) is 66.1. The van der Waals surface area contributed by atoms with Crippen LogP contribution in [0.4, 0.5) is 9.59 Å². The molecule has 2 saturated heterocycles. The van der Waals surface area contributed by atoms with E-state index in [0.717, 1.165) is 0 Å². The van der Waals surface area contributed by atoms with Gasteiger partial charge in [-0.2, -0.15) is 0 Å². The first-order valence-corrected chi connectivity index (χ1v) is 26.8. The van der Waals surface area contributed by atoms with Gasteiger partial charge in [-0.15, -0.1) is 0 Å². The molecule has 0 spiro atoms. The zero-order valence-corrected chi connectivity index (χ0v) is 45.3. The van der Waals surface area contributed by atoms with Crippen LogP contribution in [0.1, 0.15) is 84.6 Å². The van der Waals surface area contributed by atoms with E-state index in [4.69, 9.17) is 23.7 Å². The Balaban J connectivity index is 1.65. The second kappa shape index (κ2) is 34.0. The van der Waals surface area contributed by atoms with Crippen molar-refractivity contribution in [2.45, 2.75) is 189 Å². The van der Waals surface area contributed by atoms with Gasteiger partial charge in [0, 0.05) is 56.5 Å². The average molecular weight is 1110 g/mol. The summed E-state index contributed by atoms with van der Waals surface area (Å²) in [5, 5.41) is 120. The number of urea groups is 1. The molecule has 1 unspecified atom stereocenters. The summed E-state index contributed by atoms with van der Waals surface area (Å²) in [7, 11) is 0. The molecular weight excluding hydrogens is 1030 g/mol. The molecule has 0 aromatic carbocycles. The summed E-state index contributed by atoms with van der Waals surface area (Å²) in [4.78, 5) is 42.8. The maximum absolute atomic E-state index is 13.5. The first-order chi connectivity index (χ1) is 37.6. The number of ether oxygens (including phenoxy) is 5. The maximum Gasteiger partial charge on any atom is 0.407 e. The molecule has 1 aromatic heterocycles. The number of carbonyl (C=O) groups is 3. The van der Waals surface area contributed by atoms with Crippen LogP contribution in [0.2, 0.25) is 0 Å². The number of hydrogen-bond donors (Lipinski definition) is 13. The van der Waals surface area contributed by atoms with Crippen molar-refractivity contribution in [1.82, 2.24) is 20.9 Å². The SMILES string of the molecule is C=CCOC(=O)N[C@@H]1[C@H](O)[C@H](O[C@H]2/C=C/C=C/C=C/C=C/C=C/C=C/C=C/[C@H](C)[C@@H](O)[C@@H](C)C(C)OC(=O)C[C@H](O)C[C@H](O)CC[C@@H](O)[C@H](O)C[C@H](O)C[C@]3(O)C[C@H](O)[C@@H](NC(=O)NCc4ccncc4)[C@H](C2)O3)O[C@H](C)[C@H]1O. The molecular formula is C57H84N4O18. The summed E-state index contributed by atoms with van der Waals surface area (Å²) in [6.45, 7) is 10.1. The van der Waals surface area contributed by atoms with Crippen LogP contribution in [-0.4, -0.2) is 184 Å². The van der Waals surface area contributed by atoms with Crippen molar-refractivity contribution in [3.63, 3.8) is 0 Å². The second-order valence-corrected chi connectivity index (χ2v) is 20.4. The summed E-state index contributed by atoms with van der Waals surface area (Å²) in [5.41, 5.74) is 0.716. The molecule has 13 N–H and O–H groups in total. The number of fused-ring (bicyclic) bond motifs is 2. The third kappa shape index (κ3) is 23.3. The first-order valence-electron chi connectivity index (χ1n) is 26.8. The van der Waals surface area contributed by atoms with Crippen LogP contribution in [0.15, 0.2) is 122 Å². The molecule has 0 aliphatic carbocycles. The number of nitrogens with one attached hydrogen (secondary N) is 3. The molecule has 22 heteroatoms. The Morgan fingerprint density at radius 3 is 1.96 bits per heavy atom. The lowest BCUT2D eigenvalue weighted by Crippen LogP contribution is -2.64. The minimum atomic E-state index is -2.33. The normalized spacial score (nSPS) is 39.2. The molecule has 3 amide bonds. The Bertz CT molecular complexity index is 2230. The van der Waals surface area contributed by atoms with Gasteiger partial charge in [-0.3, -0.25) is 9.78 Å². The Morgan fingerprint density at radius 2 is 1.33 bits per heavy atom. The van der Waals surface area contributed by atoms with Crippen LogP contribution in [-0.2, 0) is 35.0 Å². The number of cyclic esters (lactones) is 1. The topological polar surface area (TPSA) is 349 Å². The summed E-state index contributed by atoms with van der Waals surface area (Å²) in [6, 6.07) is 0.0528. The van der Waals surface area contributed by atoms with Crippen molar-refractivity contribution >= 4 is 18.1 Å². The highest BCUT2D eigenvalue weighted by molar-refractivity contribution is 5.74. The molecule has 3 aliphatic rings. The standard InChI is InChI=1S/C57H84N4O18/c1-6-27-75-56(73)61-50-52(70)38(5)77-54(53(50)71)78-43-20-18-16-14-12-10-8-7-9-11-13-15-17-19-35(2)51(69)36(3)37(4)76-48(68)30-41(63)28-40(62)21-22-44(65)45(66)29-42(64)32-57(74)33-46(67)49(47(31-43)79-57)60-55(72)59-34-39-23-25-58-26-24-39/h6-20,23-26,35-38,40-47,49-54,62-67,69-71,74H,1,21-22,27-34H2,2-5H3,(H,61,73)(H2,59,60,72)/b8-7+,11-9+,12-10+,15-13+,16-14+,19-17+,20-18+/t35-,36-,37?,38+,40+,41+,42-,43-,44+,45+,46-,47-,49+,50-,51+,52+,53-,54-,57+/m0/s1. The van der Waals surface area contributed by atoms with Crippen molar-refractivity contribution in [1.29, 1.82) is 0 Å². The molecule has 0 saturated carbocycles. The number of nitrogens with zero attached hydrogens (tertiary/aromatic N) is 1. The van der Waals surface area contributed by atoms with Crippen LogP contribution in [0.5, 0.6) is 0 Å². The van der Waals surface area contributed by atoms with Gasteiger partial charge < -0.3 is 90.7 Å². The summed E-state index contributed by atoms with van der Waals surface area (Å²) >= 11 is 0. The number of carbonyl (C=O) groups excluding carboxylic acids is 3. The number of allylic oxidation sites excluding steroid dienone is 12. The molecule has 2 fully saturated rings. The highest BCUT2D eigenvalue weighted by atomic mass is 16.7. The molecule has 3 aliphatic heterocycles. The van der Waals surface area contributed by atoms with Crippen molar-refractivity contribution in [2.24, 2.45) is 11.8 Å². The molecule has 440 valence electrons. The molecule has 2 bridgehead atoms. The van der Waals surface area contributed by atoms with E-state index in [9.17, 15) is 65.4 Å². The van der Waals surface area contributed by atoms with E-state index in [1.54, 1.807) is 105 Å². The third-order valence-corrected chi connectivity index (χ3v) is 13.8. The van der Waals surface area contributed by atoms with Crippen molar-refractivity contribution in [2.75, 3.05) is 6.61 Å². The zero-order valence-electron chi connectivity index (χ0n) is 45.3. The van der Waals surface area contributed by atoms with Gasteiger partial charge in [-0.05, 0) is 50.8 Å². The largest absolute Gasteiger partial charge is 0.462 e. The van der Waals surface area contributed by atoms with Gasteiger partial charge in [0.1, 0.15) is 24.9 Å². The Kier molecular flexibility index (Phi) is 28.4. The van der Waals surface area contributed by atoms with Crippen LogP contribution >= 0.6 is 0 Å². The third-order valence-electron chi connectivity index (χ3n) is 13.8. The number of rotatable bonds is 8. The predicted molar refractivity (Wildman–Crippen MR) is 290 cm³/mol. The minimum absolute atomic E-state index is 0.0733. The van der Waals surface area contributed by atoms with E-state index < -0.39 is 153 Å². The molecule has 4 rings (SSSR count). The number of aromatic nitrogens is 1. The molecule has 1 aromatic rings. The van der Waals surface area contributed by atoms with E-state index in [2.05, 4.69) is 27.5 Å². The molecule has 79 heavy (non-hydrogen) atoms. The summed E-state index contributed by atoms with van der Waals surface area (Å²) < 4.78 is 29.1. The van der Waals surface area contributed by atoms with Crippen LogP contribution in [0.3, 0.4) is 0 Å². The smallest absolute Gasteiger partial charge is 0.407 e. The number of hydrogen-bond acceptors (Lipinski definition) is 19. The zero-order chi connectivity index (χ0) is 58.1. The number of aliphatic hydroxyl groups excluding tert-OH is 9. The second-order valence-electron chi connectivity index (χ2n) is 20.4. The van der Waals surface area contributed by atoms with Crippen LogP contribution < -0.4 is 16.0 Å². The van der Waals surface area contributed by atoms with Crippen LogP contribution in [0.25, 0.3) is 0 Å². The number of aliphatic hydroxyl groups is 10. The lowest BCUT2D eigenvalue weighted by Gasteiger charge is -2.46. The highest BCUT2D eigenvalue weighted by Gasteiger charge is 2.50. The van der Waals surface area contributed by atoms with Crippen molar-refractivity contribution in [3.05, 3.63) is 128 Å². The maximum atomic E-state index is 13.5. The fourth-order valence-corrected chi connectivity index (χ4v) is 9.17. The van der Waals surface area contributed by atoms with E-state index in [1.807, 2.05) is 25.2 Å². The summed E-state index contributed by atoms with van der Waals surface area (Å²) in [6.07, 6.45) is 6.50. The average Bonchev–Trinajstić information content (AvgIpc) is 3.43. The Morgan fingerprint density at radius 1 is 0.709 bits per heavy atom. The van der Waals surface area contributed by atoms with Gasteiger partial charge in [0.25, 0.3) is 0 Å². The van der Waals surface area contributed by atoms with Crippen LogP contribution in [0, 0.1) is 11.8 Å². The van der Waals surface area contributed by atoms with E-state index in [-0.39, 0.29) is 44.8 Å². The Labute approximate surface area is 462 Å². The summed E-state index contributed by atoms with van der Waals surface area (Å²) in [5.74, 6) is -3.83. The quantitative estimate of drug-likeness (QED) is 0.131. The van der Waals surface area contributed by atoms with Crippen molar-refractivity contribution in [3.8, 4) is 0 Å². The molecule has 4 heterocycles. The van der Waals surface area contributed by atoms with Gasteiger partial charge in [0.05, 0.1) is 79.5 Å².